The fourth-order valence-corrected chi connectivity index (χ4v) is 5.03. The molecule has 0 aromatic rings. The van der Waals surface area contributed by atoms with Crippen LogP contribution in [0.15, 0.2) is 0 Å². The summed E-state index contributed by atoms with van der Waals surface area (Å²) in [7, 11) is -1.75. The van der Waals surface area contributed by atoms with E-state index in [1.54, 1.807) is 0 Å². The van der Waals surface area contributed by atoms with Gasteiger partial charge in [0.05, 0.1) is 5.25 Å². The van der Waals surface area contributed by atoms with E-state index >= 15 is 0 Å². The van der Waals surface area contributed by atoms with Crippen molar-refractivity contribution < 1.29 is 22.8 Å². The van der Waals surface area contributed by atoms with Gasteiger partial charge in [0, 0.05) is 26.2 Å². The molecule has 0 bridgehead atoms. The van der Waals surface area contributed by atoms with Crippen LogP contribution in [0.25, 0.3) is 0 Å². The summed E-state index contributed by atoms with van der Waals surface area (Å²) in [5, 5.41) is 2.49. The lowest BCUT2D eigenvalue weighted by atomic mass is 10.1. The molecular formula is C14H22N4O5S. The van der Waals surface area contributed by atoms with Gasteiger partial charge in [-0.15, -0.1) is 0 Å². The van der Waals surface area contributed by atoms with Gasteiger partial charge < -0.3 is 10.2 Å². The summed E-state index contributed by atoms with van der Waals surface area (Å²) in [5.74, 6) is -0.845. The quantitative estimate of drug-likeness (QED) is 0.631. The molecule has 10 heteroatoms. The first-order valence-electron chi connectivity index (χ1n) is 8.13. The number of urea groups is 1. The van der Waals surface area contributed by atoms with Gasteiger partial charge in [0.15, 0.2) is 0 Å². The number of imide groups is 1. The number of amides is 4. The predicted octanol–water partition coefficient (Wildman–Crippen LogP) is -1.05. The number of rotatable bonds is 5. The molecule has 9 nitrogen and oxygen atoms in total. The van der Waals surface area contributed by atoms with Crippen LogP contribution in [0.5, 0.6) is 0 Å². The second kappa shape index (κ2) is 6.32. The monoisotopic (exact) mass is 358 g/mol. The van der Waals surface area contributed by atoms with Crippen LogP contribution in [0.1, 0.15) is 25.7 Å². The van der Waals surface area contributed by atoms with E-state index in [1.165, 1.54) is 16.3 Å². The van der Waals surface area contributed by atoms with Crippen molar-refractivity contribution in [3.63, 3.8) is 0 Å². The van der Waals surface area contributed by atoms with E-state index in [0.717, 1.165) is 4.90 Å². The molecular weight excluding hydrogens is 336 g/mol. The second-order valence-electron chi connectivity index (χ2n) is 6.63. The smallest absolute Gasteiger partial charge is 0.327 e. The number of carbonyl (C=O) groups is 3. The molecule has 3 fully saturated rings. The Labute approximate surface area is 141 Å². The molecule has 0 aromatic heterocycles. The molecule has 2 aliphatic heterocycles. The minimum Gasteiger partial charge on any atom is -0.350 e. The lowest BCUT2D eigenvalue weighted by molar-refractivity contribution is -0.131. The van der Waals surface area contributed by atoms with Crippen LogP contribution in [0.3, 0.4) is 0 Å². The van der Waals surface area contributed by atoms with Crippen molar-refractivity contribution in [2.24, 2.45) is 0 Å². The zero-order chi connectivity index (χ0) is 17.5. The van der Waals surface area contributed by atoms with Crippen molar-refractivity contribution in [3.05, 3.63) is 0 Å². The zero-order valence-corrected chi connectivity index (χ0v) is 14.4. The van der Waals surface area contributed by atoms with Crippen LogP contribution < -0.4 is 5.32 Å². The van der Waals surface area contributed by atoms with Crippen LogP contribution in [0.4, 0.5) is 4.79 Å². The highest BCUT2D eigenvalue weighted by atomic mass is 32.2. The van der Waals surface area contributed by atoms with E-state index in [-0.39, 0.29) is 30.9 Å². The molecule has 3 rings (SSSR count). The summed E-state index contributed by atoms with van der Waals surface area (Å²) in [6.45, 7) is 0.391. The van der Waals surface area contributed by atoms with Crippen molar-refractivity contribution in [2.75, 3.05) is 33.2 Å². The molecule has 3 aliphatic rings. The fourth-order valence-electron chi connectivity index (χ4n) is 3.11. The van der Waals surface area contributed by atoms with E-state index in [1.807, 2.05) is 0 Å². The molecule has 134 valence electrons. The first kappa shape index (κ1) is 17.2. The van der Waals surface area contributed by atoms with Crippen LogP contribution in [-0.4, -0.2) is 84.9 Å². The van der Waals surface area contributed by atoms with Crippen LogP contribution in [-0.2, 0) is 19.6 Å². The summed E-state index contributed by atoms with van der Waals surface area (Å²) < 4.78 is 26.0. The third-order valence-electron chi connectivity index (χ3n) is 4.59. The molecule has 1 saturated carbocycles. The number of nitrogens with one attached hydrogen (secondary N) is 1. The lowest BCUT2D eigenvalue weighted by Gasteiger charge is -2.32. The standard InChI is InChI=1S/C14H22N4O5S/c1-16-9-13(20)18(14(16)21)8-12(19)15-10-3-2-6-17(7-10)24(22,23)11-4-5-11/h10-11H,2-9H2,1H3,(H,15,19)/t10-/m1/s1. The highest BCUT2D eigenvalue weighted by Gasteiger charge is 2.42. The summed E-state index contributed by atoms with van der Waals surface area (Å²) in [6, 6.07) is -0.776. The van der Waals surface area contributed by atoms with E-state index in [2.05, 4.69) is 5.32 Å². The first-order valence-corrected chi connectivity index (χ1v) is 9.63. The van der Waals surface area contributed by atoms with Gasteiger partial charge in [0.25, 0.3) is 5.91 Å². The van der Waals surface area contributed by atoms with Crippen LogP contribution in [0, 0.1) is 0 Å². The number of hydrogen-bond donors (Lipinski definition) is 1. The van der Waals surface area contributed by atoms with Gasteiger partial charge in [0.2, 0.25) is 15.9 Å². The van der Waals surface area contributed by atoms with Gasteiger partial charge in [-0.2, -0.15) is 4.31 Å². The van der Waals surface area contributed by atoms with E-state index in [0.29, 0.717) is 32.2 Å². The molecule has 0 unspecified atom stereocenters. The number of sulfonamides is 1. The Kier molecular flexibility index (Phi) is 4.52. The number of nitrogens with zero attached hydrogens (tertiary/aromatic N) is 3. The zero-order valence-electron chi connectivity index (χ0n) is 13.6. The summed E-state index contributed by atoms with van der Waals surface area (Å²) >= 11 is 0. The molecule has 1 aliphatic carbocycles. The maximum Gasteiger partial charge on any atom is 0.327 e. The predicted molar refractivity (Wildman–Crippen MR) is 84.4 cm³/mol. The van der Waals surface area contributed by atoms with Crippen molar-refractivity contribution in [2.45, 2.75) is 37.0 Å². The molecule has 0 aromatic carbocycles. The highest BCUT2D eigenvalue weighted by Crippen LogP contribution is 2.32. The lowest BCUT2D eigenvalue weighted by Crippen LogP contribution is -2.52. The van der Waals surface area contributed by atoms with Gasteiger partial charge in [-0.05, 0) is 25.7 Å². The van der Waals surface area contributed by atoms with E-state index in [4.69, 9.17) is 0 Å². The Morgan fingerprint density at radius 1 is 1.25 bits per heavy atom. The summed E-state index contributed by atoms with van der Waals surface area (Å²) in [6.07, 6.45) is 2.79. The number of carbonyl (C=O) groups excluding carboxylic acids is 3. The Morgan fingerprint density at radius 3 is 2.54 bits per heavy atom. The minimum atomic E-state index is -3.25. The van der Waals surface area contributed by atoms with E-state index in [9.17, 15) is 22.8 Å². The van der Waals surface area contributed by atoms with Crippen LogP contribution >= 0.6 is 0 Å². The van der Waals surface area contributed by atoms with Crippen molar-refractivity contribution in [3.8, 4) is 0 Å². The summed E-state index contributed by atoms with van der Waals surface area (Å²) in [4.78, 5) is 37.7. The summed E-state index contributed by atoms with van der Waals surface area (Å²) in [5.41, 5.74) is 0. The maximum atomic E-state index is 12.3. The Bertz CT molecular complexity index is 660. The Hall–Kier alpha value is -1.68. The molecule has 24 heavy (non-hydrogen) atoms. The maximum absolute atomic E-state index is 12.3. The third kappa shape index (κ3) is 3.39. The van der Waals surface area contributed by atoms with Gasteiger partial charge in [-0.1, -0.05) is 0 Å². The molecule has 1 N–H and O–H groups in total. The molecule has 0 radical (unpaired) electrons. The van der Waals surface area contributed by atoms with Crippen LogP contribution in [0.2, 0.25) is 0 Å². The highest BCUT2D eigenvalue weighted by molar-refractivity contribution is 7.90. The average Bonchev–Trinajstić information content (AvgIpc) is 3.34. The number of hydrogen-bond acceptors (Lipinski definition) is 5. The largest absolute Gasteiger partial charge is 0.350 e. The topological polar surface area (TPSA) is 107 Å². The van der Waals surface area contributed by atoms with Gasteiger partial charge in [0.1, 0.15) is 13.1 Å². The first-order chi connectivity index (χ1) is 11.3. The fraction of sp³-hybridized carbons (Fsp3) is 0.786. The average molecular weight is 358 g/mol. The van der Waals surface area contributed by atoms with Gasteiger partial charge in [-0.3, -0.25) is 14.5 Å². The van der Waals surface area contributed by atoms with Crippen molar-refractivity contribution >= 4 is 27.9 Å². The van der Waals surface area contributed by atoms with E-state index < -0.39 is 27.9 Å². The second-order valence-corrected chi connectivity index (χ2v) is 8.84. The minimum absolute atomic E-state index is 0.0248. The van der Waals surface area contributed by atoms with Crippen molar-refractivity contribution in [1.29, 1.82) is 0 Å². The number of piperidine rings is 1. The third-order valence-corrected chi connectivity index (χ3v) is 6.95. The molecule has 2 heterocycles. The van der Waals surface area contributed by atoms with Gasteiger partial charge in [-0.25, -0.2) is 13.2 Å². The normalized spacial score (nSPS) is 26.1. The Balaban J connectivity index is 1.54. The van der Waals surface area contributed by atoms with Gasteiger partial charge >= 0.3 is 6.03 Å². The number of likely N-dealkylation sites (N-methyl/N-ethyl adjacent to an activating group) is 1. The van der Waals surface area contributed by atoms with Crippen molar-refractivity contribution in [1.82, 2.24) is 19.4 Å². The molecule has 2 saturated heterocycles. The Morgan fingerprint density at radius 2 is 1.96 bits per heavy atom. The molecule has 1 atom stereocenters. The molecule has 4 amide bonds. The molecule has 0 spiro atoms. The SMILES string of the molecule is CN1CC(=O)N(CC(=O)N[C@@H]2CCCN(S(=O)(=O)C3CC3)C2)C1=O.